The second-order valence-corrected chi connectivity index (χ2v) is 7.26. The van der Waals surface area contributed by atoms with Gasteiger partial charge in [-0.1, -0.05) is 47.5 Å². The summed E-state index contributed by atoms with van der Waals surface area (Å²) in [7, 11) is 0. The molecule has 0 fully saturated rings. The molecule has 6 heteroatoms. The van der Waals surface area contributed by atoms with Crippen LogP contribution in [0.1, 0.15) is 5.56 Å². The minimum atomic E-state index is 0.0764. The van der Waals surface area contributed by atoms with Crippen LogP contribution in [0.25, 0.3) is 22.4 Å². The summed E-state index contributed by atoms with van der Waals surface area (Å²) in [6.07, 6.45) is 3.18. The molecule has 0 aliphatic carbocycles. The van der Waals surface area contributed by atoms with Gasteiger partial charge in [0.1, 0.15) is 24.4 Å². The fourth-order valence-electron chi connectivity index (χ4n) is 2.93. The summed E-state index contributed by atoms with van der Waals surface area (Å²) in [4.78, 5) is 8.51. The van der Waals surface area contributed by atoms with Crippen LogP contribution in [0.2, 0.25) is 10.0 Å². The third-order valence-electron chi connectivity index (χ3n) is 4.41. The van der Waals surface area contributed by atoms with Crippen LogP contribution >= 0.6 is 23.2 Å². The van der Waals surface area contributed by atoms with Crippen LogP contribution in [0.15, 0.2) is 79.3 Å². The van der Waals surface area contributed by atoms with Gasteiger partial charge in [0, 0.05) is 33.4 Å². The van der Waals surface area contributed by atoms with Gasteiger partial charge in [-0.15, -0.1) is 0 Å². The highest BCUT2D eigenvalue weighted by molar-refractivity contribution is 6.30. The van der Waals surface area contributed by atoms with E-state index >= 15 is 0 Å². The highest BCUT2D eigenvalue weighted by Crippen LogP contribution is 2.37. The highest BCUT2D eigenvalue weighted by Gasteiger charge is 2.14. The van der Waals surface area contributed by atoms with E-state index in [4.69, 9.17) is 27.9 Å². The molecule has 29 heavy (non-hydrogen) atoms. The lowest BCUT2D eigenvalue weighted by atomic mass is 10.00. The predicted molar refractivity (Wildman–Crippen MR) is 115 cm³/mol. The molecular weight excluding hydrogens is 407 g/mol. The molecule has 0 amide bonds. The molecule has 0 atom stereocenters. The summed E-state index contributed by atoms with van der Waals surface area (Å²) >= 11 is 11.9. The van der Waals surface area contributed by atoms with Gasteiger partial charge >= 0.3 is 0 Å². The van der Waals surface area contributed by atoms with Gasteiger partial charge in [0.2, 0.25) is 0 Å². The molecular formula is C23H16Cl2N2O2. The second kappa shape index (κ2) is 8.52. The fourth-order valence-corrected chi connectivity index (χ4v) is 3.19. The average molecular weight is 423 g/mol. The molecule has 0 unspecified atom stereocenters. The SMILES string of the molecule is Oc1cc(OCc2ccc(Cl)cc2)ccc1-c1ncncc1-c1ccc(Cl)cc1. The van der Waals surface area contributed by atoms with Crippen molar-refractivity contribution in [1.29, 1.82) is 0 Å². The monoisotopic (exact) mass is 422 g/mol. The van der Waals surface area contributed by atoms with E-state index in [1.165, 1.54) is 6.33 Å². The Labute approximate surface area is 178 Å². The standard InChI is InChI=1S/C23H16Cl2N2O2/c24-17-5-1-15(2-6-17)13-29-19-9-10-20(22(28)11-19)23-21(12-26-14-27-23)16-3-7-18(25)8-4-16/h1-12,14,28H,13H2. The number of hydrogen-bond donors (Lipinski definition) is 1. The van der Waals surface area contributed by atoms with E-state index in [9.17, 15) is 5.11 Å². The molecule has 1 heterocycles. The molecule has 1 N–H and O–H groups in total. The van der Waals surface area contributed by atoms with Crippen LogP contribution in [0.3, 0.4) is 0 Å². The first kappa shape index (κ1) is 19.2. The molecule has 1 aromatic heterocycles. The Morgan fingerprint density at radius 2 is 1.52 bits per heavy atom. The number of halogens is 2. The Morgan fingerprint density at radius 1 is 0.828 bits per heavy atom. The van der Waals surface area contributed by atoms with Crippen molar-refractivity contribution < 1.29 is 9.84 Å². The van der Waals surface area contributed by atoms with Crippen LogP contribution in [0.4, 0.5) is 0 Å². The van der Waals surface area contributed by atoms with E-state index in [0.717, 1.165) is 16.7 Å². The van der Waals surface area contributed by atoms with E-state index in [0.29, 0.717) is 33.7 Å². The average Bonchev–Trinajstić information content (AvgIpc) is 2.74. The smallest absolute Gasteiger partial charge is 0.128 e. The van der Waals surface area contributed by atoms with Gasteiger partial charge in [0.15, 0.2) is 0 Å². The molecule has 3 aromatic carbocycles. The van der Waals surface area contributed by atoms with Gasteiger partial charge in [-0.2, -0.15) is 0 Å². The highest BCUT2D eigenvalue weighted by atomic mass is 35.5. The van der Waals surface area contributed by atoms with Gasteiger partial charge in [-0.3, -0.25) is 0 Å². The van der Waals surface area contributed by atoms with Crippen molar-refractivity contribution in [3.63, 3.8) is 0 Å². The number of ether oxygens (including phenoxy) is 1. The Morgan fingerprint density at radius 3 is 2.21 bits per heavy atom. The Hall–Kier alpha value is -3.08. The van der Waals surface area contributed by atoms with Crippen molar-refractivity contribution in [2.75, 3.05) is 0 Å². The maximum absolute atomic E-state index is 10.6. The van der Waals surface area contributed by atoms with Crippen LogP contribution in [0, 0.1) is 0 Å². The number of hydrogen-bond acceptors (Lipinski definition) is 4. The third-order valence-corrected chi connectivity index (χ3v) is 4.91. The van der Waals surface area contributed by atoms with E-state index < -0.39 is 0 Å². The second-order valence-electron chi connectivity index (χ2n) is 6.39. The number of nitrogens with zero attached hydrogens (tertiary/aromatic N) is 2. The van der Waals surface area contributed by atoms with Crippen molar-refractivity contribution in [2.45, 2.75) is 6.61 Å². The van der Waals surface area contributed by atoms with Crippen LogP contribution in [0.5, 0.6) is 11.5 Å². The summed E-state index contributed by atoms with van der Waals surface area (Å²) in [5.74, 6) is 0.635. The maximum Gasteiger partial charge on any atom is 0.128 e. The van der Waals surface area contributed by atoms with Crippen LogP contribution in [-0.2, 0) is 6.61 Å². The summed E-state index contributed by atoms with van der Waals surface area (Å²) in [5, 5.41) is 11.9. The lowest BCUT2D eigenvalue weighted by molar-refractivity contribution is 0.304. The zero-order valence-corrected chi connectivity index (χ0v) is 16.7. The van der Waals surface area contributed by atoms with E-state index in [-0.39, 0.29) is 5.75 Å². The van der Waals surface area contributed by atoms with Crippen molar-refractivity contribution in [3.05, 3.63) is 94.9 Å². The van der Waals surface area contributed by atoms with Crippen molar-refractivity contribution in [2.24, 2.45) is 0 Å². The predicted octanol–water partition coefficient (Wildman–Crippen LogP) is 6.40. The number of phenolic OH excluding ortho intramolecular Hbond substituents is 1. The van der Waals surface area contributed by atoms with Gasteiger partial charge < -0.3 is 9.84 Å². The topological polar surface area (TPSA) is 55.2 Å². The molecule has 0 spiro atoms. The molecule has 0 saturated heterocycles. The first-order valence-corrected chi connectivity index (χ1v) is 9.62. The fraction of sp³-hybridized carbons (Fsp3) is 0.0435. The van der Waals surface area contributed by atoms with Gasteiger partial charge in [-0.05, 0) is 47.5 Å². The molecule has 4 rings (SSSR count). The van der Waals surface area contributed by atoms with Crippen molar-refractivity contribution in [1.82, 2.24) is 9.97 Å². The van der Waals surface area contributed by atoms with E-state index in [2.05, 4.69) is 9.97 Å². The largest absolute Gasteiger partial charge is 0.507 e. The first-order valence-electron chi connectivity index (χ1n) is 8.87. The number of phenols is 1. The number of benzene rings is 3. The van der Waals surface area contributed by atoms with Gasteiger partial charge in [0.25, 0.3) is 0 Å². The zero-order chi connectivity index (χ0) is 20.2. The van der Waals surface area contributed by atoms with Crippen molar-refractivity contribution in [3.8, 4) is 33.9 Å². The minimum absolute atomic E-state index is 0.0764. The Kier molecular flexibility index (Phi) is 5.65. The quantitative estimate of drug-likeness (QED) is 0.404. The van der Waals surface area contributed by atoms with E-state index in [1.807, 2.05) is 36.4 Å². The normalized spacial score (nSPS) is 10.7. The molecule has 0 radical (unpaired) electrons. The Balaban J connectivity index is 1.60. The summed E-state index contributed by atoms with van der Waals surface area (Å²) in [6, 6.07) is 20.0. The molecule has 0 saturated carbocycles. The lowest BCUT2D eigenvalue weighted by Crippen LogP contribution is -1.96. The molecule has 0 bridgehead atoms. The Bertz CT molecular complexity index is 1130. The maximum atomic E-state index is 10.6. The number of aromatic hydroxyl groups is 1. The number of rotatable bonds is 5. The summed E-state index contributed by atoms with van der Waals surface area (Å²) in [6.45, 7) is 0.374. The zero-order valence-electron chi connectivity index (χ0n) is 15.2. The first-order chi connectivity index (χ1) is 14.1. The molecule has 144 valence electrons. The van der Waals surface area contributed by atoms with Gasteiger partial charge in [0.05, 0.1) is 5.69 Å². The minimum Gasteiger partial charge on any atom is -0.507 e. The lowest BCUT2D eigenvalue weighted by Gasteiger charge is -2.12. The molecule has 4 aromatic rings. The van der Waals surface area contributed by atoms with E-state index in [1.54, 1.807) is 36.5 Å². The molecule has 0 aliphatic rings. The molecule has 0 aliphatic heterocycles. The summed E-state index contributed by atoms with van der Waals surface area (Å²) < 4.78 is 5.78. The van der Waals surface area contributed by atoms with Crippen LogP contribution in [-0.4, -0.2) is 15.1 Å². The third kappa shape index (κ3) is 4.50. The molecule has 4 nitrogen and oxygen atoms in total. The van der Waals surface area contributed by atoms with Gasteiger partial charge in [-0.25, -0.2) is 9.97 Å². The number of aromatic nitrogens is 2. The van der Waals surface area contributed by atoms with Crippen LogP contribution < -0.4 is 4.74 Å². The summed E-state index contributed by atoms with van der Waals surface area (Å²) in [5.41, 5.74) is 3.92. The van der Waals surface area contributed by atoms with Crippen molar-refractivity contribution >= 4 is 23.2 Å².